The Labute approximate surface area is 109 Å². The van der Waals surface area contributed by atoms with Crippen LogP contribution >= 0.6 is 0 Å². The lowest BCUT2D eigenvalue weighted by Crippen LogP contribution is -2.20. The van der Waals surface area contributed by atoms with Crippen LogP contribution in [-0.2, 0) is 0 Å². The van der Waals surface area contributed by atoms with Crippen LogP contribution in [0.25, 0.3) is 6.08 Å². The molecule has 0 saturated heterocycles. The topological polar surface area (TPSA) is 18.5 Å². The average Bonchev–Trinajstić information content (AvgIpc) is 2.41. The number of methoxy groups -OCH3 is 1. The second-order valence-corrected chi connectivity index (χ2v) is 4.60. The van der Waals surface area contributed by atoms with Gasteiger partial charge in [0.25, 0.3) is 0 Å². The molecule has 1 aromatic rings. The van der Waals surface area contributed by atoms with Gasteiger partial charge in [0.1, 0.15) is 6.10 Å². The van der Waals surface area contributed by atoms with E-state index >= 15 is 0 Å². The van der Waals surface area contributed by atoms with Gasteiger partial charge < -0.3 is 9.47 Å². The maximum absolute atomic E-state index is 6.09. The number of allylic oxidation sites excluding steroid dienone is 1. The van der Waals surface area contributed by atoms with E-state index in [-0.39, 0.29) is 6.10 Å². The van der Waals surface area contributed by atoms with Gasteiger partial charge in [-0.1, -0.05) is 24.8 Å². The molecular formula is C16H20O2. The molecule has 0 fully saturated rings. The van der Waals surface area contributed by atoms with Gasteiger partial charge in [0.05, 0.1) is 7.11 Å². The van der Waals surface area contributed by atoms with Crippen LogP contribution in [0.4, 0.5) is 0 Å². The van der Waals surface area contributed by atoms with E-state index in [1.165, 1.54) is 12.0 Å². The van der Waals surface area contributed by atoms with Crippen molar-refractivity contribution in [2.75, 3.05) is 7.11 Å². The predicted octanol–water partition coefficient (Wildman–Crippen LogP) is 4.22. The summed E-state index contributed by atoms with van der Waals surface area (Å²) in [5.74, 6) is 1.58. The highest BCUT2D eigenvalue weighted by molar-refractivity contribution is 5.54. The fourth-order valence-electron chi connectivity index (χ4n) is 2.21. The van der Waals surface area contributed by atoms with Crippen molar-refractivity contribution >= 4 is 6.08 Å². The third-order valence-electron chi connectivity index (χ3n) is 3.34. The summed E-state index contributed by atoms with van der Waals surface area (Å²) in [6, 6.07) is 5.88. The second-order valence-electron chi connectivity index (χ2n) is 4.60. The van der Waals surface area contributed by atoms with E-state index in [9.17, 15) is 0 Å². The lowest BCUT2D eigenvalue weighted by molar-refractivity contribution is 0.207. The van der Waals surface area contributed by atoms with Crippen LogP contribution in [-0.4, -0.2) is 13.2 Å². The van der Waals surface area contributed by atoms with Gasteiger partial charge in [0, 0.05) is 0 Å². The van der Waals surface area contributed by atoms with E-state index in [0.29, 0.717) is 0 Å². The van der Waals surface area contributed by atoms with Crippen molar-refractivity contribution in [3.63, 3.8) is 0 Å². The molecule has 0 heterocycles. The van der Waals surface area contributed by atoms with Gasteiger partial charge in [-0.15, -0.1) is 0 Å². The molecule has 2 rings (SSSR count). The lowest BCUT2D eigenvalue weighted by atomic mass is 9.98. The molecular weight excluding hydrogens is 224 g/mol. The zero-order chi connectivity index (χ0) is 13.0. The van der Waals surface area contributed by atoms with Crippen LogP contribution in [0.2, 0.25) is 0 Å². The molecule has 0 amide bonds. The van der Waals surface area contributed by atoms with E-state index in [1.54, 1.807) is 7.11 Å². The molecule has 0 N–H and O–H groups in total. The molecule has 1 aliphatic carbocycles. The molecule has 0 bridgehead atoms. The first-order chi connectivity index (χ1) is 8.74. The summed E-state index contributed by atoms with van der Waals surface area (Å²) in [6.45, 7) is 5.91. The summed E-state index contributed by atoms with van der Waals surface area (Å²) in [5.41, 5.74) is 2.36. The standard InChI is InChI=1S/C16H20O2/c1-4-13-9-10-15(17-3)16(11-13)18-14-8-6-5-7-12(14)2/h4,7,9-11,14H,1,5-6,8H2,2-3H3. The number of ether oxygens (including phenoxy) is 2. The molecule has 1 unspecified atom stereocenters. The Hall–Kier alpha value is -1.70. The van der Waals surface area contributed by atoms with Gasteiger partial charge in [-0.05, 0) is 49.5 Å². The second kappa shape index (κ2) is 5.76. The predicted molar refractivity (Wildman–Crippen MR) is 75.1 cm³/mol. The molecule has 0 radical (unpaired) electrons. The van der Waals surface area contributed by atoms with Crippen molar-refractivity contribution in [3.05, 3.63) is 42.0 Å². The average molecular weight is 244 g/mol. The molecule has 0 saturated carbocycles. The molecule has 0 aromatic heterocycles. The molecule has 0 aliphatic heterocycles. The number of hydrogen-bond donors (Lipinski definition) is 0. The van der Waals surface area contributed by atoms with Crippen LogP contribution in [0.3, 0.4) is 0 Å². The molecule has 1 atom stereocenters. The summed E-state index contributed by atoms with van der Waals surface area (Å²) in [5, 5.41) is 0. The van der Waals surface area contributed by atoms with Gasteiger partial charge in [-0.25, -0.2) is 0 Å². The fourth-order valence-corrected chi connectivity index (χ4v) is 2.21. The first-order valence-electron chi connectivity index (χ1n) is 6.38. The summed E-state index contributed by atoms with van der Waals surface area (Å²) in [4.78, 5) is 0. The first kappa shape index (κ1) is 12.7. The van der Waals surface area contributed by atoms with Gasteiger partial charge >= 0.3 is 0 Å². The van der Waals surface area contributed by atoms with Crippen LogP contribution in [0.1, 0.15) is 31.7 Å². The smallest absolute Gasteiger partial charge is 0.162 e. The van der Waals surface area contributed by atoms with Gasteiger partial charge in [-0.2, -0.15) is 0 Å². The normalized spacial score (nSPS) is 19.0. The van der Waals surface area contributed by atoms with E-state index in [2.05, 4.69) is 19.6 Å². The maximum Gasteiger partial charge on any atom is 0.162 e. The van der Waals surface area contributed by atoms with E-state index in [0.717, 1.165) is 29.9 Å². The van der Waals surface area contributed by atoms with E-state index in [4.69, 9.17) is 9.47 Å². The lowest BCUT2D eigenvalue weighted by Gasteiger charge is -2.24. The highest BCUT2D eigenvalue weighted by Crippen LogP contribution is 2.32. The zero-order valence-corrected chi connectivity index (χ0v) is 11.1. The van der Waals surface area contributed by atoms with Crippen LogP contribution in [0.15, 0.2) is 36.4 Å². The Morgan fingerprint density at radius 2 is 2.17 bits per heavy atom. The summed E-state index contributed by atoms with van der Waals surface area (Å²) >= 11 is 0. The molecule has 2 nitrogen and oxygen atoms in total. The summed E-state index contributed by atoms with van der Waals surface area (Å²) < 4.78 is 11.4. The van der Waals surface area contributed by atoms with Gasteiger partial charge in [-0.3, -0.25) is 0 Å². The highest BCUT2D eigenvalue weighted by atomic mass is 16.5. The Bertz CT molecular complexity index is 460. The van der Waals surface area contributed by atoms with Crippen LogP contribution in [0.5, 0.6) is 11.5 Å². The van der Waals surface area contributed by atoms with Gasteiger partial charge in [0.15, 0.2) is 11.5 Å². The van der Waals surface area contributed by atoms with Crippen molar-refractivity contribution in [2.24, 2.45) is 0 Å². The van der Waals surface area contributed by atoms with Gasteiger partial charge in [0.2, 0.25) is 0 Å². The van der Waals surface area contributed by atoms with Crippen molar-refractivity contribution in [1.29, 1.82) is 0 Å². The maximum atomic E-state index is 6.09. The van der Waals surface area contributed by atoms with Crippen molar-refractivity contribution in [1.82, 2.24) is 0 Å². The molecule has 1 aromatic carbocycles. The molecule has 2 heteroatoms. The zero-order valence-electron chi connectivity index (χ0n) is 11.1. The number of rotatable bonds is 4. The molecule has 0 spiro atoms. The minimum atomic E-state index is 0.174. The quantitative estimate of drug-likeness (QED) is 0.738. The fraction of sp³-hybridized carbons (Fsp3) is 0.375. The Kier molecular flexibility index (Phi) is 4.08. The monoisotopic (exact) mass is 244 g/mol. The Balaban J connectivity index is 2.23. The number of benzene rings is 1. The molecule has 96 valence electrons. The van der Waals surface area contributed by atoms with Crippen molar-refractivity contribution < 1.29 is 9.47 Å². The van der Waals surface area contributed by atoms with E-state index in [1.807, 2.05) is 24.3 Å². The molecule has 18 heavy (non-hydrogen) atoms. The first-order valence-corrected chi connectivity index (χ1v) is 6.38. The van der Waals surface area contributed by atoms with Crippen LogP contribution < -0.4 is 9.47 Å². The van der Waals surface area contributed by atoms with E-state index < -0.39 is 0 Å². The molecule has 1 aliphatic rings. The Morgan fingerprint density at radius 3 is 2.83 bits per heavy atom. The highest BCUT2D eigenvalue weighted by Gasteiger charge is 2.17. The van der Waals surface area contributed by atoms with Crippen LogP contribution in [0, 0.1) is 0 Å². The third kappa shape index (κ3) is 2.76. The third-order valence-corrected chi connectivity index (χ3v) is 3.34. The van der Waals surface area contributed by atoms with Crippen molar-refractivity contribution in [2.45, 2.75) is 32.3 Å². The minimum Gasteiger partial charge on any atom is -0.493 e. The Morgan fingerprint density at radius 1 is 1.33 bits per heavy atom. The number of hydrogen-bond acceptors (Lipinski definition) is 2. The van der Waals surface area contributed by atoms with Crippen molar-refractivity contribution in [3.8, 4) is 11.5 Å². The minimum absolute atomic E-state index is 0.174. The SMILES string of the molecule is C=Cc1ccc(OC)c(OC2CCCC=C2C)c1. The largest absolute Gasteiger partial charge is 0.493 e. The summed E-state index contributed by atoms with van der Waals surface area (Å²) in [7, 11) is 1.67. The summed E-state index contributed by atoms with van der Waals surface area (Å²) in [6.07, 6.45) is 7.67.